The average Bonchev–Trinajstić information content (AvgIpc) is 2.42. The van der Waals surface area contributed by atoms with Crippen molar-refractivity contribution < 1.29 is 9.90 Å². The van der Waals surface area contributed by atoms with Gasteiger partial charge >= 0.3 is 5.97 Å². The molecular formula is C17H19NO3. The van der Waals surface area contributed by atoms with Gasteiger partial charge in [-0.25, -0.2) is 4.79 Å². The summed E-state index contributed by atoms with van der Waals surface area (Å²) in [6.45, 7) is 4.02. The molecule has 4 nitrogen and oxygen atoms in total. The van der Waals surface area contributed by atoms with Gasteiger partial charge in [0.15, 0.2) is 0 Å². The smallest absolute Gasteiger partial charge is 0.341 e. The minimum absolute atomic E-state index is 0.125. The molecule has 0 bridgehead atoms. The summed E-state index contributed by atoms with van der Waals surface area (Å²) >= 11 is 0. The third-order valence-electron chi connectivity index (χ3n) is 3.61. The molecule has 0 atom stereocenters. The van der Waals surface area contributed by atoms with Crippen molar-refractivity contribution in [3.63, 3.8) is 0 Å². The number of aromatic nitrogens is 1. The highest BCUT2D eigenvalue weighted by Crippen LogP contribution is 2.09. The fourth-order valence-corrected chi connectivity index (χ4v) is 2.55. The van der Waals surface area contributed by atoms with Gasteiger partial charge in [-0.3, -0.25) is 4.79 Å². The first-order valence-electron chi connectivity index (χ1n) is 6.99. The second kappa shape index (κ2) is 6.39. The van der Waals surface area contributed by atoms with Gasteiger partial charge in [0.05, 0.1) is 0 Å². The van der Waals surface area contributed by atoms with E-state index in [0.717, 1.165) is 18.5 Å². The predicted octanol–water partition coefficient (Wildman–Crippen LogP) is 2.80. The Kier molecular flexibility index (Phi) is 4.58. The molecule has 0 saturated heterocycles. The van der Waals surface area contributed by atoms with Crippen LogP contribution in [0.25, 0.3) is 0 Å². The average molecular weight is 285 g/mol. The van der Waals surface area contributed by atoms with Crippen molar-refractivity contribution in [2.45, 2.75) is 33.2 Å². The third kappa shape index (κ3) is 3.40. The van der Waals surface area contributed by atoms with Crippen LogP contribution in [0.4, 0.5) is 0 Å². The fourth-order valence-electron chi connectivity index (χ4n) is 2.55. The first-order valence-corrected chi connectivity index (χ1v) is 6.99. The van der Waals surface area contributed by atoms with Crippen molar-refractivity contribution in [2.24, 2.45) is 0 Å². The molecule has 21 heavy (non-hydrogen) atoms. The van der Waals surface area contributed by atoms with Gasteiger partial charge in [0.25, 0.3) is 5.56 Å². The van der Waals surface area contributed by atoms with Crippen LogP contribution < -0.4 is 5.56 Å². The highest BCUT2D eigenvalue weighted by molar-refractivity contribution is 5.88. The molecular weight excluding hydrogens is 266 g/mol. The first-order chi connectivity index (χ1) is 10.0. The lowest BCUT2D eigenvalue weighted by Crippen LogP contribution is -2.29. The maximum atomic E-state index is 12.3. The number of pyridine rings is 1. The zero-order valence-electron chi connectivity index (χ0n) is 12.3. The first kappa shape index (κ1) is 15.0. The molecule has 0 saturated carbocycles. The van der Waals surface area contributed by atoms with E-state index in [1.807, 2.05) is 37.3 Å². The van der Waals surface area contributed by atoms with Gasteiger partial charge in [-0.1, -0.05) is 30.3 Å². The number of nitrogens with zero attached hydrogens (tertiary/aromatic N) is 1. The molecule has 0 amide bonds. The fraction of sp³-hybridized carbons (Fsp3) is 0.294. The van der Waals surface area contributed by atoms with E-state index in [2.05, 4.69) is 0 Å². The Bertz CT molecular complexity index is 702. The van der Waals surface area contributed by atoms with E-state index in [1.54, 1.807) is 17.6 Å². The van der Waals surface area contributed by atoms with Gasteiger partial charge in [0, 0.05) is 12.2 Å². The van der Waals surface area contributed by atoms with Crippen LogP contribution in [0.3, 0.4) is 0 Å². The molecule has 1 N–H and O–H groups in total. The van der Waals surface area contributed by atoms with Crippen LogP contribution in [0.5, 0.6) is 0 Å². The van der Waals surface area contributed by atoms with Gasteiger partial charge < -0.3 is 9.67 Å². The van der Waals surface area contributed by atoms with E-state index in [9.17, 15) is 9.59 Å². The quantitative estimate of drug-likeness (QED) is 0.919. The molecule has 110 valence electrons. The Labute approximate surface area is 123 Å². The number of carbonyl (C=O) groups is 1. The van der Waals surface area contributed by atoms with Crippen molar-refractivity contribution in [3.05, 3.63) is 69.1 Å². The number of aromatic carboxylic acids is 1. The van der Waals surface area contributed by atoms with Gasteiger partial charge in [-0.15, -0.1) is 0 Å². The van der Waals surface area contributed by atoms with Crippen LogP contribution in [0.1, 0.15) is 33.6 Å². The van der Waals surface area contributed by atoms with E-state index in [1.165, 1.54) is 5.56 Å². The van der Waals surface area contributed by atoms with E-state index in [0.29, 0.717) is 12.1 Å². The Balaban J connectivity index is 2.19. The molecule has 0 aliphatic carbocycles. The Hall–Kier alpha value is -2.36. The summed E-state index contributed by atoms with van der Waals surface area (Å²) in [5, 5.41) is 9.15. The van der Waals surface area contributed by atoms with Crippen LogP contribution in [-0.2, 0) is 13.0 Å². The molecule has 1 aromatic carbocycles. The summed E-state index contributed by atoms with van der Waals surface area (Å²) in [6.07, 6.45) is 1.66. The molecule has 2 rings (SSSR count). The molecule has 1 heterocycles. The molecule has 2 aromatic rings. The van der Waals surface area contributed by atoms with Crippen molar-refractivity contribution >= 4 is 5.97 Å². The number of rotatable bonds is 5. The molecule has 0 radical (unpaired) electrons. The summed E-state index contributed by atoms with van der Waals surface area (Å²) in [4.78, 5) is 23.5. The summed E-state index contributed by atoms with van der Waals surface area (Å²) in [5.41, 5.74) is 2.00. The zero-order valence-corrected chi connectivity index (χ0v) is 12.3. The number of aryl methyl sites for hydroxylation is 3. The van der Waals surface area contributed by atoms with Gasteiger partial charge in [-0.2, -0.15) is 0 Å². The maximum absolute atomic E-state index is 12.3. The van der Waals surface area contributed by atoms with Crippen LogP contribution in [0, 0.1) is 13.8 Å². The second-order valence-corrected chi connectivity index (χ2v) is 5.19. The number of benzene rings is 1. The minimum Gasteiger partial charge on any atom is -0.477 e. The Morgan fingerprint density at radius 3 is 2.48 bits per heavy atom. The summed E-state index contributed by atoms with van der Waals surface area (Å²) in [7, 11) is 0. The number of hydrogen-bond acceptors (Lipinski definition) is 2. The van der Waals surface area contributed by atoms with Crippen LogP contribution >= 0.6 is 0 Å². The van der Waals surface area contributed by atoms with Crippen molar-refractivity contribution in [2.75, 3.05) is 0 Å². The molecule has 0 aliphatic heterocycles. The van der Waals surface area contributed by atoms with Gasteiger partial charge in [-0.05, 0) is 43.9 Å². The summed E-state index contributed by atoms with van der Waals surface area (Å²) in [5.74, 6) is -1.16. The number of carboxylic acid groups (broad SMARTS) is 1. The highest BCUT2D eigenvalue weighted by Gasteiger charge is 2.16. The molecule has 0 unspecified atom stereocenters. The lowest BCUT2D eigenvalue weighted by Gasteiger charge is -2.12. The second-order valence-electron chi connectivity index (χ2n) is 5.19. The number of carboxylic acids is 1. The lowest BCUT2D eigenvalue weighted by molar-refractivity contribution is 0.0693. The van der Waals surface area contributed by atoms with Crippen molar-refractivity contribution in [1.82, 2.24) is 4.57 Å². The topological polar surface area (TPSA) is 59.3 Å². The van der Waals surface area contributed by atoms with Crippen molar-refractivity contribution in [3.8, 4) is 0 Å². The summed E-state index contributed by atoms with van der Waals surface area (Å²) < 4.78 is 1.55. The van der Waals surface area contributed by atoms with E-state index >= 15 is 0 Å². The highest BCUT2D eigenvalue weighted by atomic mass is 16.4. The molecule has 1 aromatic heterocycles. The van der Waals surface area contributed by atoms with Crippen LogP contribution in [-0.4, -0.2) is 15.6 Å². The lowest BCUT2D eigenvalue weighted by atomic mass is 10.1. The predicted molar refractivity (Wildman–Crippen MR) is 81.9 cm³/mol. The van der Waals surface area contributed by atoms with E-state index in [-0.39, 0.29) is 5.56 Å². The minimum atomic E-state index is -1.16. The van der Waals surface area contributed by atoms with Gasteiger partial charge in [0.1, 0.15) is 5.56 Å². The third-order valence-corrected chi connectivity index (χ3v) is 3.61. The SMILES string of the molecule is Cc1cc(C)n(CCCc2ccccc2)c(=O)c1C(=O)O. The Morgan fingerprint density at radius 2 is 1.86 bits per heavy atom. The van der Waals surface area contributed by atoms with Crippen LogP contribution in [0.2, 0.25) is 0 Å². The molecule has 0 aliphatic rings. The summed E-state index contributed by atoms with van der Waals surface area (Å²) in [6, 6.07) is 11.8. The van der Waals surface area contributed by atoms with Crippen molar-refractivity contribution in [1.29, 1.82) is 0 Å². The molecule has 0 fully saturated rings. The van der Waals surface area contributed by atoms with Gasteiger partial charge in [0.2, 0.25) is 0 Å². The maximum Gasteiger partial charge on any atom is 0.341 e. The molecule has 0 spiro atoms. The Morgan fingerprint density at radius 1 is 1.19 bits per heavy atom. The van der Waals surface area contributed by atoms with E-state index in [4.69, 9.17) is 5.11 Å². The number of hydrogen-bond donors (Lipinski definition) is 1. The largest absolute Gasteiger partial charge is 0.477 e. The van der Waals surface area contributed by atoms with E-state index < -0.39 is 11.5 Å². The standard InChI is InChI=1S/C17H19NO3/c1-12-11-13(2)18(16(19)15(12)17(20)21)10-6-9-14-7-4-3-5-8-14/h3-5,7-8,11H,6,9-10H2,1-2H3,(H,20,21). The normalized spacial score (nSPS) is 10.6. The molecule has 4 heteroatoms. The van der Waals surface area contributed by atoms with Crippen LogP contribution in [0.15, 0.2) is 41.2 Å². The zero-order chi connectivity index (χ0) is 15.4. The monoisotopic (exact) mass is 285 g/mol.